The van der Waals surface area contributed by atoms with Crippen molar-refractivity contribution < 1.29 is 19.1 Å². The highest BCUT2D eigenvalue weighted by molar-refractivity contribution is 9.10. The third-order valence-electron chi connectivity index (χ3n) is 2.32. The van der Waals surface area contributed by atoms with Crippen LogP contribution in [0.2, 0.25) is 0 Å². The summed E-state index contributed by atoms with van der Waals surface area (Å²) in [6.45, 7) is 3.42. The Morgan fingerprint density at radius 2 is 2.20 bits per heavy atom. The number of hydrogen-bond acceptors (Lipinski definition) is 4. The smallest absolute Gasteiger partial charge is 0.335 e. The van der Waals surface area contributed by atoms with Crippen LogP contribution in [0.4, 0.5) is 0 Å². The van der Waals surface area contributed by atoms with Gasteiger partial charge in [0.25, 0.3) is 0 Å². The summed E-state index contributed by atoms with van der Waals surface area (Å²) >= 11 is 3.16. The Labute approximate surface area is 96.4 Å². The van der Waals surface area contributed by atoms with Gasteiger partial charge in [0.1, 0.15) is 5.76 Å². The number of hydrogen-bond donors (Lipinski definition) is 1. The van der Waals surface area contributed by atoms with Crippen molar-refractivity contribution in [3.05, 3.63) is 22.6 Å². The first-order chi connectivity index (χ1) is 6.89. The first-order valence-corrected chi connectivity index (χ1v) is 5.20. The molecule has 0 radical (unpaired) electrons. The molecule has 15 heavy (non-hydrogen) atoms. The molecule has 0 aliphatic rings. The largest absolute Gasteiger partial charge is 0.467 e. The monoisotopic (exact) mass is 276 g/mol. The van der Waals surface area contributed by atoms with E-state index in [1.165, 1.54) is 7.11 Å². The van der Waals surface area contributed by atoms with E-state index in [0.717, 1.165) is 0 Å². The molecule has 1 rings (SSSR count). The van der Waals surface area contributed by atoms with Crippen LogP contribution in [-0.4, -0.2) is 24.3 Å². The molecule has 1 atom stereocenters. The minimum atomic E-state index is -1.25. The van der Waals surface area contributed by atoms with Crippen molar-refractivity contribution in [2.75, 3.05) is 7.11 Å². The molecule has 0 aliphatic carbocycles. The number of carbonyl (C=O) groups is 1. The van der Waals surface area contributed by atoms with E-state index >= 15 is 0 Å². The molecule has 4 nitrogen and oxygen atoms in total. The van der Waals surface area contributed by atoms with Crippen LogP contribution >= 0.6 is 15.9 Å². The highest BCUT2D eigenvalue weighted by Gasteiger charge is 2.38. The van der Waals surface area contributed by atoms with Gasteiger partial charge in [0.15, 0.2) is 10.8 Å². The summed E-state index contributed by atoms with van der Waals surface area (Å²) in [5.41, 5.74) is -0.820. The minimum absolute atomic E-state index is 0.521. The quantitative estimate of drug-likeness (QED) is 0.857. The Morgan fingerprint density at radius 3 is 2.60 bits per heavy atom. The van der Waals surface area contributed by atoms with E-state index < -0.39 is 17.5 Å². The van der Waals surface area contributed by atoms with Crippen LogP contribution in [0.25, 0.3) is 0 Å². The second-order valence-corrected chi connectivity index (χ2v) is 4.53. The van der Waals surface area contributed by atoms with Crippen LogP contribution < -0.4 is 0 Å². The molecule has 0 aliphatic heterocycles. The second kappa shape index (κ2) is 4.37. The third-order valence-corrected chi connectivity index (χ3v) is 2.74. The molecule has 0 saturated carbocycles. The highest BCUT2D eigenvalue weighted by atomic mass is 79.9. The molecule has 1 aromatic heterocycles. The predicted molar refractivity (Wildman–Crippen MR) is 57.5 cm³/mol. The zero-order valence-electron chi connectivity index (χ0n) is 8.78. The number of furan rings is 1. The molecule has 1 N–H and O–H groups in total. The van der Waals surface area contributed by atoms with E-state index in [9.17, 15) is 9.90 Å². The van der Waals surface area contributed by atoms with Crippen molar-refractivity contribution in [1.82, 2.24) is 0 Å². The molecule has 0 bridgehead atoms. The van der Waals surface area contributed by atoms with Gasteiger partial charge in [-0.1, -0.05) is 0 Å². The van der Waals surface area contributed by atoms with Crippen LogP contribution in [0.1, 0.15) is 19.6 Å². The lowest BCUT2D eigenvalue weighted by Gasteiger charge is -2.26. The van der Waals surface area contributed by atoms with E-state index in [2.05, 4.69) is 20.7 Å². The molecule has 0 aromatic carbocycles. The van der Waals surface area contributed by atoms with Gasteiger partial charge in [-0.15, -0.1) is 0 Å². The number of esters is 1. The first kappa shape index (κ1) is 12.3. The molecule has 1 heterocycles. The van der Waals surface area contributed by atoms with Gasteiger partial charge in [-0.2, -0.15) is 0 Å². The lowest BCUT2D eigenvalue weighted by Crippen LogP contribution is -2.40. The molecule has 1 unspecified atom stereocenters. The minimum Gasteiger partial charge on any atom is -0.467 e. The maximum Gasteiger partial charge on any atom is 0.335 e. The Hall–Kier alpha value is -0.810. The predicted octanol–water partition coefficient (Wildman–Crippen LogP) is 1.85. The van der Waals surface area contributed by atoms with Gasteiger partial charge in [0.2, 0.25) is 0 Å². The Balaban J connectivity index is 2.96. The van der Waals surface area contributed by atoms with Gasteiger partial charge in [-0.05, 0) is 41.9 Å². The van der Waals surface area contributed by atoms with Crippen molar-refractivity contribution in [2.45, 2.75) is 25.4 Å². The van der Waals surface area contributed by atoms with E-state index in [4.69, 9.17) is 4.42 Å². The summed E-state index contributed by atoms with van der Waals surface area (Å²) in [4.78, 5) is 11.2. The lowest BCUT2D eigenvalue weighted by molar-refractivity contribution is -0.154. The standard InChI is InChI=1S/C10H13BrO4/c1-10(2,8(12)9(13)14-3)6-4-5-7(11)15-6/h4-5,8,12H,1-3H3. The number of aliphatic hydroxyl groups excluding tert-OH is 1. The van der Waals surface area contributed by atoms with Crippen molar-refractivity contribution in [1.29, 1.82) is 0 Å². The van der Waals surface area contributed by atoms with Gasteiger partial charge in [-0.3, -0.25) is 0 Å². The van der Waals surface area contributed by atoms with Crippen molar-refractivity contribution >= 4 is 21.9 Å². The average molecular weight is 277 g/mol. The normalized spacial score (nSPS) is 13.7. The molecule has 0 spiro atoms. The molecule has 5 heteroatoms. The molecule has 1 aromatic rings. The molecule has 0 amide bonds. The summed E-state index contributed by atoms with van der Waals surface area (Å²) in [6.07, 6.45) is -1.25. The fourth-order valence-corrected chi connectivity index (χ4v) is 1.51. The van der Waals surface area contributed by atoms with Crippen LogP contribution in [0.5, 0.6) is 0 Å². The first-order valence-electron chi connectivity index (χ1n) is 4.41. The number of ether oxygens (including phenoxy) is 1. The fraction of sp³-hybridized carbons (Fsp3) is 0.500. The molecule has 0 fully saturated rings. The Morgan fingerprint density at radius 1 is 1.60 bits per heavy atom. The number of rotatable bonds is 3. The van der Waals surface area contributed by atoms with E-state index in [-0.39, 0.29) is 0 Å². The summed E-state index contributed by atoms with van der Waals surface area (Å²) in [5.74, 6) is -0.153. The van der Waals surface area contributed by atoms with Crippen LogP contribution in [-0.2, 0) is 14.9 Å². The van der Waals surface area contributed by atoms with Crippen LogP contribution in [0.3, 0.4) is 0 Å². The van der Waals surface area contributed by atoms with E-state index in [1.54, 1.807) is 26.0 Å². The Kier molecular flexibility index (Phi) is 3.57. The fourth-order valence-electron chi connectivity index (χ4n) is 1.20. The van der Waals surface area contributed by atoms with Crippen LogP contribution in [0.15, 0.2) is 21.2 Å². The highest BCUT2D eigenvalue weighted by Crippen LogP contribution is 2.30. The number of halogens is 1. The number of aliphatic hydroxyl groups is 1. The molecule has 0 saturated heterocycles. The summed E-state index contributed by atoms with van der Waals surface area (Å²) in [7, 11) is 1.24. The van der Waals surface area contributed by atoms with E-state index in [0.29, 0.717) is 10.4 Å². The summed E-state index contributed by atoms with van der Waals surface area (Å²) in [6, 6.07) is 3.41. The van der Waals surface area contributed by atoms with E-state index in [1.807, 2.05) is 0 Å². The Bertz CT molecular complexity index is 356. The van der Waals surface area contributed by atoms with Gasteiger partial charge in [0.05, 0.1) is 12.5 Å². The maximum absolute atomic E-state index is 11.2. The molecule has 84 valence electrons. The van der Waals surface area contributed by atoms with Crippen LogP contribution in [0, 0.1) is 0 Å². The van der Waals surface area contributed by atoms with Crippen molar-refractivity contribution in [3.63, 3.8) is 0 Å². The number of methoxy groups -OCH3 is 1. The SMILES string of the molecule is COC(=O)C(O)C(C)(C)c1ccc(Br)o1. The molecular weight excluding hydrogens is 264 g/mol. The summed E-state index contributed by atoms with van der Waals surface area (Å²) in [5, 5.41) is 9.76. The van der Waals surface area contributed by atoms with Crippen molar-refractivity contribution in [2.24, 2.45) is 0 Å². The lowest BCUT2D eigenvalue weighted by atomic mass is 9.84. The van der Waals surface area contributed by atoms with Crippen molar-refractivity contribution in [3.8, 4) is 0 Å². The zero-order chi connectivity index (χ0) is 11.6. The maximum atomic E-state index is 11.2. The van der Waals surface area contributed by atoms with Gasteiger partial charge >= 0.3 is 5.97 Å². The van der Waals surface area contributed by atoms with Gasteiger partial charge in [0, 0.05) is 0 Å². The third kappa shape index (κ3) is 2.41. The zero-order valence-corrected chi connectivity index (χ0v) is 10.4. The van der Waals surface area contributed by atoms with Gasteiger partial charge in [-0.25, -0.2) is 4.79 Å². The number of carbonyl (C=O) groups excluding carboxylic acids is 1. The molecular formula is C10H13BrO4. The van der Waals surface area contributed by atoms with Gasteiger partial charge < -0.3 is 14.3 Å². The topological polar surface area (TPSA) is 59.7 Å². The average Bonchev–Trinajstić information content (AvgIpc) is 2.63. The summed E-state index contributed by atoms with van der Waals surface area (Å²) < 4.78 is 10.4. The second-order valence-electron chi connectivity index (χ2n) is 3.75.